The summed E-state index contributed by atoms with van der Waals surface area (Å²) in [6.07, 6.45) is 0. The van der Waals surface area contributed by atoms with Gasteiger partial charge in [0.25, 0.3) is 0 Å². The van der Waals surface area contributed by atoms with Gasteiger partial charge in [-0.3, -0.25) is 0 Å². The standard InChI is InChI=1S/C34H20S3/c1-2-10-24-22(8-1)23-9-3-4-11-25(23)28-20-21(16-17-26(24)28)29-18-19-30(35-29)27-12-7-15-33-34(27)37-32-14-6-5-13-31(32)36-33/h1-20H. The van der Waals surface area contributed by atoms with Gasteiger partial charge in [-0.25, -0.2) is 0 Å². The first kappa shape index (κ1) is 21.6. The third kappa shape index (κ3) is 3.46. The summed E-state index contributed by atoms with van der Waals surface area (Å²) in [6, 6.07) is 44.6. The fraction of sp³-hybridized carbons (Fsp3) is 0. The molecule has 0 fully saturated rings. The first-order valence-corrected chi connectivity index (χ1v) is 14.8. The fourth-order valence-corrected chi connectivity index (χ4v) is 8.93. The average Bonchev–Trinajstić information content (AvgIpc) is 3.46. The Labute approximate surface area is 228 Å². The van der Waals surface area contributed by atoms with Crippen molar-refractivity contribution in [1.82, 2.24) is 0 Å². The second-order valence-corrected chi connectivity index (χ2v) is 12.5. The van der Waals surface area contributed by atoms with Crippen molar-refractivity contribution in [2.45, 2.75) is 19.6 Å². The molecule has 1 aliphatic rings. The molecule has 6 aromatic carbocycles. The Morgan fingerprint density at radius 1 is 0.378 bits per heavy atom. The summed E-state index contributed by atoms with van der Waals surface area (Å²) < 4.78 is 0. The molecular formula is C34H20S3. The summed E-state index contributed by atoms with van der Waals surface area (Å²) >= 11 is 5.67. The molecule has 0 atom stereocenters. The predicted molar refractivity (Wildman–Crippen MR) is 162 cm³/mol. The largest absolute Gasteiger partial charge is 0.135 e. The van der Waals surface area contributed by atoms with Crippen molar-refractivity contribution in [1.29, 1.82) is 0 Å². The molecule has 37 heavy (non-hydrogen) atoms. The lowest BCUT2D eigenvalue weighted by atomic mass is 9.93. The van der Waals surface area contributed by atoms with Gasteiger partial charge >= 0.3 is 0 Å². The van der Waals surface area contributed by atoms with Gasteiger partial charge in [0.15, 0.2) is 0 Å². The van der Waals surface area contributed by atoms with Crippen LogP contribution in [0.1, 0.15) is 0 Å². The molecule has 0 spiro atoms. The molecule has 0 radical (unpaired) electrons. The summed E-state index contributed by atoms with van der Waals surface area (Å²) in [5.74, 6) is 0. The number of benzene rings is 6. The first-order valence-electron chi connectivity index (χ1n) is 12.3. The van der Waals surface area contributed by atoms with Crippen LogP contribution in [0, 0.1) is 0 Å². The molecule has 1 aliphatic heterocycles. The van der Waals surface area contributed by atoms with Crippen LogP contribution in [0.25, 0.3) is 53.2 Å². The second-order valence-electron chi connectivity index (χ2n) is 9.30. The number of hydrogen-bond donors (Lipinski definition) is 0. The molecule has 8 rings (SSSR count). The molecule has 0 unspecified atom stereocenters. The molecule has 0 amide bonds. The zero-order valence-corrected chi connectivity index (χ0v) is 22.2. The Morgan fingerprint density at radius 3 is 1.68 bits per heavy atom. The molecular weight excluding hydrogens is 505 g/mol. The molecule has 7 aromatic rings. The SMILES string of the molecule is c1ccc2c(c1)Sc1cccc(-c3ccc(-c4ccc5c6ccccc6c6ccccc6c5c4)s3)c1S2. The summed E-state index contributed by atoms with van der Waals surface area (Å²) in [5.41, 5.74) is 2.61. The maximum atomic E-state index is 2.39. The second kappa shape index (κ2) is 8.53. The van der Waals surface area contributed by atoms with Crippen LogP contribution in [-0.2, 0) is 0 Å². The van der Waals surface area contributed by atoms with Gasteiger partial charge in [0.1, 0.15) is 0 Å². The highest BCUT2D eigenvalue weighted by atomic mass is 32.2. The summed E-state index contributed by atoms with van der Waals surface area (Å²) in [4.78, 5) is 8.04. The Kier molecular flexibility index (Phi) is 4.97. The van der Waals surface area contributed by atoms with E-state index in [1.54, 1.807) is 0 Å². The Hall–Kier alpha value is -3.50. The number of fused-ring (bicyclic) bond motifs is 8. The van der Waals surface area contributed by atoms with E-state index < -0.39 is 0 Å². The van der Waals surface area contributed by atoms with E-state index in [0.29, 0.717) is 0 Å². The predicted octanol–water partition coefficient (Wildman–Crippen LogP) is 11.2. The smallest absolute Gasteiger partial charge is 0.0361 e. The van der Waals surface area contributed by atoms with Crippen LogP contribution in [0.15, 0.2) is 141 Å². The van der Waals surface area contributed by atoms with Crippen molar-refractivity contribution in [2.75, 3.05) is 0 Å². The van der Waals surface area contributed by atoms with E-state index in [9.17, 15) is 0 Å². The van der Waals surface area contributed by atoms with Gasteiger partial charge in [0.2, 0.25) is 0 Å². The lowest BCUT2D eigenvalue weighted by Crippen LogP contribution is -1.91. The van der Waals surface area contributed by atoms with Crippen molar-refractivity contribution in [3.63, 3.8) is 0 Å². The minimum atomic E-state index is 1.28. The molecule has 174 valence electrons. The summed E-state index contributed by atoms with van der Waals surface area (Å²) in [5, 5.41) is 7.92. The topological polar surface area (TPSA) is 0 Å². The van der Waals surface area contributed by atoms with Gasteiger partial charge in [0.05, 0.1) is 0 Å². The van der Waals surface area contributed by atoms with Gasteiger partial charge in [0, 0.05) is 34.9 Å². The van der Waals surface area contributed by atoms with Crippen molar-refractivity contribution in [2.24, 2.45) is 0 Å². The molecule has 0 aliphatic carbocycles. The molecule has 1 aromatic heterocycles. The van der Waals surface area contributed by atoms with E-state index in [1.807, 2.05) is 34.9 Å². The summed E-state index contributed by atoms with van der Waals surface area (Å²) in [7, 11) is 0. The fourth-order valence-electron chi connectivity index (χ4n) is 5.44. The van der Waals surface area contributed by atoms with Crippen molar-refractivity contribution < 1.29 is 0 Å². The molecule has 0 bridgehead atoms. The van der Waals surface area contributed by atoms with E-state index in [-0.39, 0.29) is 0 Å². The van der Waals surface area contributed by atoms with Crippen molar-refractivity contribution in [3.8, 4) is 20.9 Å². The molecule has 2 heterocycles. The third-order valence-electron chi connectivity index (χ3n) is 7.16. The minimum Gasteiger partial charge on any atom is -0.135 e. The number of thiophene rings is 1. The normalized spacial score (nSPS) is 12.6. The van der Waals surface area contributed by atoms with E-state index in [1.165, 1.54) is 72.8 Å². The van der Waals surface area contributed by atoms with E-state index >= 15 is 0 Å². The van der Waals surface area contributed by atoms with Crippen LogP contribution >= 0.6 is 34.9 Å². The molecule has 0 nitrogen and oxygen atoms in total. The maximum absolute atomic E-state index is 2.39. The van der Waals surface area contributed by atoms with Crippen LogP contribution in [0.4, 0.5) is 0 Å². The first-order chi connectivity index (χ1) is 18.3. The highest BCUT2D eigenvalue weighted by molar-refractivity contribution is 8.05. The molecule has 0 N–H and O–H groups in total. The van der Waals surface area contributed by atoms with Crippen molar-refractivity contribution in [3.05, 3.63) is 121 Å². The Balaban J connectivity index is 1.26. The van der Waals surface area contributed by atoms with Gasteiger partial charge in [-0.05, 0) is 74.3 Å². The van der Waals surface area contributed by atoms with Gasteiger partial charge in [-0.2, -0.15) is 0 Å². The Bertz CT molecular complexity index is 1960. The third-order valence-corrected chi connectivity index (χ3v) is 10.9. The number of rotatable bonds is 2. The lowest BCUT2D eigenvalue weighted by Gasteiger charge is -2.20. The van der Waals surface area contributed by atoms with E-state index in [4.69, 9.17) is 0 Å². The van der Waals surface area contributed by atoms with Crippen LogP contribution < -0.4 is 0 Å². The van der Waals surface area contributed by atoms with Gasteiger partial charge < -0.3 is 0 Å². The molecule has 3 heteroatoms. The Morgan fingerprint density at radius 2 is 0.946 bits per heavy atom. The monoisotopic (exact) mass is 524 g/mol. The zero-order chi connectivity index (χ0) is 24.3. The van der Waals surface area contributed by atoms with Crippen LogP contribution in [0.2, 0.25) is 0 Å². The quantitative estimate of drug-likeness (QED) is 0.206. The van der Waals surface area contributed by atoms with Gasteiger partial charge in [-0.15, -0.1) is 11.3 Å². The maximum Gasteiger partial charge on any atom is 0.0361 e. The van der Waals surface area contributed by atoms with Crippen LogP contribution in [0.3, 0.4) is 0 Å². The summed E-state index contributed by atoms with van der Waals surface area (Å²) in [6.45, 7) is 0. The molecule has 0 saturated heterocycles. The van der Waals surface area contributed by atoms with E-state index in [0.717, 1.165) is 0 Å². The van der Waals surface area contributed by atoms with Crippen LogP contribution in [0.5, 0.6) is 0 Å². The number of hydrogen-bond acceptors (Lipinski definition) is 3. The van der Waals surface area contributed by atoms with E-state index in [2.05, 4.69) is 121 Å². The molecule has 0 saturated carbocycles. The van der Waals surface area contributed by atoms with Gasteiger partial charge in [-0.1, -0.05) is 108 Å². The van der Waals surface area contributed by atoms with Crippen LogP contribution in [-0.4, -0.2) is 0 Å². The highest BCUT2D eigenvalue weighted by Crippen LogP contribution is 2.52. The van der Waals surface area contributed by atoms with Crippen molar-refractivity contribution >= 4 is 67.2 Å². The minimum absolute atomic E-state index is 1.28. The lowest BCUT2D eigenvalue weighted by molar-refractivity contribution is 1.16. The zero-order valence-electron chi connectivity index (χ0n) is 19.8. The average molecular weight is 525 g/mol. The highest BCUT2D eigenvalue weighted by Gasteiger charge is 2.21.